The molecular weight excluding hydrogens is 427 g/mol. The van der Waals surface area contributed by atoms with Crippen LogP contribution in [0.2, 0.25) is 5.28 Å². The first-order valence-electron chi connectivity index (χ1n) is 8.23. The summed E-state index contributed by atoms with van der Waals surface area (Å²) < 4.78 is 16.4. The Labute approximate surface area is 162 Å². The molecule has 0 saturated heterocycles. The molecule has 8 heteroatoms. The van der Waals surface area contributed by atoms with Crippen LogP contribution in [-0.4, -0.2) is 20.3 Å². The van der Waals surface area contributed by atoms with E-state index in [0.29, 0.717) is 31.6 Å². The van der Waals surface area contributed by atoms with Gasteiger partial charge >= 0.3 is 0 Å². The molecule has 0 spiro atoms. The van der Waals surface area contributed by atoms with E-state index in [1.165, 1.54) is 4.88 Å². The molecule has 132 valence electrons. The van der Waals surface area contributed by atoms with Gasteiger partial charge in [0, 0.05) is 4.88 Å². The second-order valence-corrected chi connectivity index (χ2v) is 8.55. The zero-order chi connectivity index (χ0) is 17.4. The van der Waals surface area contributed by atoms with E-state index in [1.807, 2.05) is 11.4 Å². The Kier molecular flexibility index (Phi) is 4.73. The number of fused-ring (bicyclic) bond motifs is 1. The normalized spacial score (nSPS) is 15.6. The summed E-state index contributed by atoms with van der Waals surface area (Å²) in [5.41, 5.74) is 1.06. The molecule has 0 radical (unpaired) electrons. The molecule has 1 fully saturated rings. The van der Waals surface area contributed by atoms with Crippen LogP contribution in [0.25, 0.3) is 5.52 Å². The number of aromatic nitrogens is 3. The Bertz CT molecular complexity index is 892. The molecule has 3 heterocycles. The van der Waals surface area contributed by atoms with Crippen molar-refractivity contribution in [1.29, 1.82) is 0 Å². The number of anilines is 1. The molecule has 4 nitrogen and oxygen atoms in total. The van der Waals surface area contributed by atoms with Gasteiger partial charge in [0.05, 0.1) is 6.54 Å². The Balaban J connectivity index is 1.56. The lowest BCUT2D eigenvalue weighted by Crippen LogP contribution is -2.05. The van der Waals surface area contributed by atoms with Crippen LogP contribution in [0.3, 0.4) is 0 Å². The molecule has 0 unspecified atom stereocenters. The van der Waals surface area contributed by atoms with Gasteiger partial charge in [-0.1, -0.05) is 6.07 Å². The van der Waals surface area contributed by atoms with Crippen LogP contribution in [0.5, 0.6) is 0 Å². The van der Waals surface area contributed by atoms with Crippen molar-refractivity contribution >= 4 is 50.2 Å². The summed E-state index contributed by atoms with van der Waals surface area (Å²) in [7, 11) is 0. The first-order valence-corrected chi connectivity index (χ1v) is 10.3. The van der Waals surface area contributed by atoms with E-state index in [1.54, 1.807) is 15.9 Å². The van der Waals surface area contributed by atoms with Crippen molar-refractivity contribution in [2.24, 2.45) is 0 Å². The molecule has 25 heavy (non-hydrogen) atoms. The molecule has 1 aliphatic rings. The van der Waals surface area contributed by atoms with E-state index in [2.05, 4.69) is 43.5 Å². The molecule has 0 atom stereocenters. The number of alkyl halides is 1. The summed E-state index contributed by atoms with van der Waals surface area (Å²) in [5, 5.41) is 9.85. The van der Waals surface area contributed by atoms with E-state index in [4.69, 9.17) is 11.6 Å². The van der Waals surface area contributed by atoms with Crippen LogP contribution in [0, 0.1) is 0 Å². The topological polar surface area (TPSA) is 42.2 Å². The summed E-state index contributed by atoms with van der Waals surface area (Å²) in [4.78, 5) is 5.55. The van der Waals surface area contributed by atoms with Gasteiger partial charge in [-0.15, -0.1) is 16.4 Å². The van der Waals surface area contributed by atoms with E-state index < -0.39 is 5.67 Å². The molecule has 3 aromatic heterocycles. The van der Waals surface area contributed by atoms with Gasteiger partial charge in [0.1, 0.15) is 15.8 Å². The van der Waals surface area contributed by atoms with E-state index >= 15 is 0 Å². The van der Waals surface area contributed by atoms with Gasteiger partial charge in [-0.3, -0.25) is 0 Å². The highest BCUT2D eigenvalue weighted by atomic mass is 79.9. The van der Waals surface area contributed by atoms with Gasteiger partial charge in [-0.2, -0.15) is 4.98 Å². The average Bonchev–Trinajstić information content (AvgIpc) is 2.97. The van der Waals surface area contributed by atoms with Crippen molar-refractivity contribution in [2.75, 3.05) is 5.32 Å². The van der Waals surface area contributed by atoms with Crippen molar-refractivity contribution in [3.8, 4) is 0 Å². The fraction of sp³-hybridized carbons (Fsp3) is 0.412. The highest BCUT2D eigenvalue weighted by molar-refractivity contribution is 9.10. The largest absolute Gasteiger partial charge is 0.363 e. The molecular formula is C17H17BrClFN4S. The molecule has 0 aromatic carbocycles. The number of hydrogen-bond donors (Lipinski definition) is 1. The third kappa shape index (κ3) is 3.83. The predicted molar refractivity (Wildman–Crippen MR) is 103 cm³/mol. The summed E-state index contributed by atoms with van der Waals surface area (Å²) >= 11 is 11.4. The molecule has 1 saturated carbocycles. The first-order chi connectivity index (χ1) is 12.0. The number of rotatable bonds is 7. The van der Waals surface area contributed by atoms with Gasteiger partial charge in [-0.05, 0) is 82.7 Å². The van der Waals surface area contributed by atoms with Gasteiger partial charge < -0.3 is 5.32 Å². The molecule has 1 aliphatic carbocycles. The SMILES string of the molecule is FC1(CCCc2cc3c(NCc4cccs4)nc(Cl)nn3c2Br)CC1. The lowest BCUT2D eigenvalue weighted by Gasteiger charge is -2.06. The van der Waals surface area contributed by atoms with Crippen LogP contribution in [0.1, 0.15) is 36.1 Å². The van der Waals surface area contributed by atoms with Gasteiger partial charge in [-0.25, -0.2) is 8.91 Å². The Morgan fingerprint density at radius 3 is 3.00 bits per heavy atom. The fourth-order valence-corrected chi connectivity index (χ4v) is 4.31. The third-order valence-electron chi connectivity index (χ3n) is 4.49. The third-order valence-corrected chi connectivity index (χ3v) is 6.37. The fourth-order valence-electron chi connectivity index (χ4n) is 2.92. The Hall–Kier alpha value is -1.18. The lowest BCUT2D eigenvalue weighted by molar-refractivity contribution is 0.284. The lowest BCUT2D eigenvalue weighted by atomic mass is 10.1. The second kappa shape index (κ2) is 6.85. The minimum atomic E-state index is -0.901. The Morgan fingerprint density at radius 2 is 2.28 bits per heavy atom. The van der Waals surface area contributed by atoms with E-state index in [9.17, 15) is 4.39 Å². The van der Waals surface area contributed by atoms with E-state index in [0.717, 1.165) is 28.5 Å². The zero-order valence-electron chi connectivity index (χ0n) is 13.4. The number of thiophene rings is 1. The van der Waals surface area contributed by atoms with Crippen molar-refractivity contribution in [3.63, 3.8) is 0 Å². The van der Waals surface area contributed by atoms with Crippen LogP contribution >= 0.6 is 38.9 Å². The second-order valence-electron chi connectivity index (χ2n) is 6.42. The summed E-state index contributed by atoms with van der Waals surface area (Å²) in [6.07, 6.45) is 3.68. The Morgan fingerprint density at radius 1 is 1.44 bits per heavy atom. The number of nitrogens with zero attached hydrogens (tertiary/aromatic N) is 3. The van der Waals surface area contributed by atoms with E-state index in [-0.39, 0.29) is 5.28 Å². The summed E-state index contributed by atoms with van der Waals surface area (Å²) in [6, 6.07) is 6.14. The summed E-state index contributed by atoms with van der Waals surface area (Å²) in [6.45, 7) is 0.684. The zero-order valence-corrected chi connectivity index (χ0v) is 16.6. The average molecular weight is 444 g/mol. The van der Waals surface area contributed by atoms with Gasteiger partial charge in [0.2, 0.25) is 5.28 Å². The van der Waals surface area contributed by atoms with Crippen molar-refractivity contribution in [2.45, 2.75) is 44.3 Å². The molecule has 1 N–H and O–H groups in total. The highest BCUT2D eigenvalue weighted by Crippen LogP contribution is 2.44. The van der Waals surface area contributed by atoms with Gasteiger partial charge in [0.15, 0.2) is 5.82 Å². The highest BCUT2D eigenvalue weighted by Gasteiger charge is 2.42. The monoisotopic (exact) mass is 442 g/mol. The predicted octanol–water partition coefficient (Wildman–Crippen LogP) is 5.64. The minimum absolute atomic E-state index is 0.185. The van der Waals surface area contributed by atoms with Crippen molar-refractivity contribution in [1.82, 2.24) is 14.6 Å². The van der Waals surface area contributed by atoms with Crippen LogP contribution in [0.15, 0.2) is 28.2 Å². The minimum Gasteiger partial charge on any atom is -0.363 e. The van der Waals surface area contributed by atoms with Crippen LogP contribution in [0.4, 0.5) is 10.2 Å². The maximum atomic E-state index is 13.8. The molecule has 3 aromatic rings. The van der Waals surface area contributed by atoms with Crippen molar-refractivity contribution in [3.05, 3.63) is 43.9 Å². The van der Waals surface area contributed by atoms with Gasteiger partial charge in [0.25, 0.3) is 0 Å². The van der Waals surface area contributed by atoms with Crippen LogP contribution < -0.4 is 5.32 Å². The number of nitrogens with one attached hydrogen (secondary N) is 1. The molecule has 4 rings (SSSR count). The maximum Gasteiger partial charge on any atom is 0.243 e. The molecule has 0 amide bonds. The standard InChI is InChI=1S/C17H17BrClFN4S/c18-14-11(3-1-5-17(20)6-7-17)9-13-15(22-16(19)23-24(13)14)21-10-12-4-2-8-25-12/h2,4,8-9H,1,3,5-7,10H2,(H,21,22,23). The smallest absolute Gasteiger partial charge is 0.243 e. The number of aryl methyl sites for hydroxylation is 1. The van der Waals surface area contributed by atoms with Crippen LogP contribution in [-0.2, 0) is 13.0 Å². The molecule has 0 aliphatic heterocycles. The molecule has 0 bridgehead atoms. The first kappa shape index (κ1) is 17.2. The number of hydrogen-bond acceptors (Lipinski definition) is 4. The maximum absolute atomic E-state index is 13.8. The summed E-state index contributed by atoms with van der Waals surface area (Å²) in [5.74, 6) is 0.699. The van der Waals surface area contributed by atoms with Crippen molar-refractivity contribution < 1.29 is 4.39 Å². The quantitative estimate of drug-likeness (QED) is 0.513. The number of halogens is 3.